The summed E-state index contributed by atoms with van der Waals surface area (Å²) in [7, 11) is 0. The lowest BCUT2D eigenvalue weighted by Crippen LogP contribution is -2.32. The van der Waals surface area contributed by atoms with Crippen molar-refractivity contribution >= 4 is 5.91 Å². The van der Waals surface area contributed by atoms with Gasteiger partial charge < -0.3 is 9.64 Å². The van der Waals surface area contributed by atoms with Crippen molar-refractivity contribution in [3.8, 4) is 11.9 Å². The summed E-state index contributed by atoms with van der Waals surface area (Å²) in [5, 5.41) is 8.98. The van der Waals surface area contributed by atoms with E-state index in [0.717, 1.165) is 12.1 Å². The van der Waals surface area contributed by atoms with E-state index >= 15 is 0 Å². The van der Waals surface area contributed by atoms with Gasteiger partial charge in [-0.05, 0) is 11.6 Å². The Kier molecular flexibility index (Phi) is 4.84. The van der Waals surface area contributed by atoms with Crippen LogP contribution in [-0.4, -0.2) is 40.0 Å². The summed E-state index contributed by atoms with van der Waals surface area (Å²) >= 11 is 0. The average Bonchev–Trinajstić information content (AvgIpc) is 3.06. The molecular formula is C17H14F2N4O2. The van der Waals surface area contributed by atoms with Crippen LogP contribution in [0.25, 0.3) is 0 Å². The Morgan fingerprint density at radius 1 is 1.36 bits per heavy atom. The zero-order valence-electron chi connectivity index (χ0n) is 13.2. The van der Waals surface area contributed by atoms with Gasteiger partial charge in [-0.25, -0.2) is 18.7 Å². The first-order valence-corrected chi connectivity index (χ1v) is 7.66. The van der Waals surface area contributed by atoms with E-state index in [2.05, 4.69) is 9.97 Å². The monoisotopic (exact) mass is 344 g/mol. The molecule has 1 fully saturated rings. The Morgan fingerprint density at radius 3 is 2.92 bits per heavy atom. The molecule has 0 spiro atoms. The molecule has 128 valence electrons. The van der Waals surface area contributed by atoms with E-state index in [4.69, 9.17) is 10.00 Å². The fourth-order valence-corrected chi connectivity index (χ4v) is 2.64. The lowest BCUT2D eigenvalue weighted by molar-refractivity contribution is -0.129. The molecule has 1 aliphatic rings. The summed E-state index contributed by atoms with van der Waals surface area (Å²) in [5.74, 6) is -1.55. The van der Waals surface area contributed by atoms with Gasteiger partial charge in [0.1, 0.15) is 23.8 Å². The third kappa shape index (κ3) is 3.88. The minimum atomic E-state index is -0.737. The van der Waals surface area contributed by atoms with E-state index in [0.29, 0.717) is 19.5 Å². The third-order valence-electron chi connectivity index (χ3n) is 3.90. The van der Waals surface area contributed by atoms with Gasteiger partial charge >= 0.3 is 0 Å². The summed E-state index contributed by atoms with van der Waals surface area (Å²) in [5.41, 5.74) is 0.233. The number of rotatable bonds is 4. The van der Waals surface area contributed by atoms with Gasteiger partial charge in [-0.15, -0.1) is 0 Å². The number of halogens is 2. The van der Waals surface area contributed by atoms with Crippen molar-refractivity contribution in [1.29, 1.82) is 5.26 Å². The highest BCUT2D eigenvalue weighted by Crippen LogP contribution is 2.20. The van der Waals surface area contributed by atoms with Crippen LogP contribution in [0.5, 0.6) is 5.88 Å². The second-order valence-corrected chi connectivity index (χ2v) is 5.60. The molecule has 2 heterocycles. The largest absolute Gasteiger partial charge is 0.470 e. The molecule has 0 aliphatic carbocycles. The number of hydrogen-bond donors (Lipinski definition) is 0. The van der Waals surface area contributed by atoms with Crippen LogP contribution in [0.15, 0.2) is 30.6 Å². The fourth-order valence-electron chi connectivity index (χ4n) is 2.64. The molecule has 1 aromatic heterocycles. The molecule has 1 unspecified atom stereocenters. The Balaban J connectivity index is 1.60. The van der Waals surface area contributed by atoms with Crippen LogP contribution in [0.1, 0.15) is 17.7 Å². The van der Waals surface area contributed by atoms with E-state index < -0.39 is 11.6 Å². The van der Waals surface area contributed by atoms with E-state index in [1.807, 2.05) is 6.07 Å². The molecule has 25 heavy (non-hydrogen) atoms. The van der Waals surface area contributed by atoms with Gasteiger partial charge in [0.2, 0.25) is 11.6 Å². The van der Waals surface area contributed by atoms with Gasteiger partial charge in [0.05, 0.1) is 13.0 Å². The number of amides is 1. The Labute approximate surface area is 142 Å². The first-order chi connectivity index (χ1) is 12.1. The molecule has 1 atom stereocenters. The number of carbonyl (C=O) groups is 1. The predicted molar refractivity (Wildman–Crippen MR) is 82.4 cm³/mol. The zero-order valence-corrected chi connectivity index (χ0v) is 13.2. The molecule has 1 amide bonds. The maximum absolute atomic E-state index is 13.7. The summed E-state index contributed by atoms with van der Waals surface area (Å²) in [6.07, 6.45) is 2.93. The van der Waals surface area contributed by atoms with Crippen molar-refractivity contribution in [3.05, 3.63) is 53.5 Å². The molecule has 6 nitrogen and oxygen atoms in total. The van der Waals surface area contributed by atoms with Crippen LogP contribution in [0.3, 0.4) is 0 Å². The second-order valence-electron chi connectivity index (χ2n) is 5.60. The Bertz CT molecular complexity index is 838. The second kappa shape index (κ2) is 7.21. The van der Waals surface area contributed by atoms with Crippen LogP contribution in [0, 0.1) is 23.0 Å². The van der Waals surface area contributed by atoms with Gasteiger partial charge in [0, 0.05) is 31.4 Å². The number of carbonyl (C=O) groups excluding carboxylic acids is 1. The number of nitriles is 1. The maximum Gasteiger partial charge on any atom is 0.251 e. The first-order valence-electron chi connectivity index (χ1n) is 7.66. The normalized spacial score (nSPS) is 16.5. The minimum Gasteiger partial charge on any atom is -0.470 e. The minimum absolute atomic E-state index is 0.0839. The highest BCUT2D eigenvalue weighted by atomic mass is 19.1. The molecule has 0 N–H and O–H groups in total. The van der Waals surface area contributed by atoms with Crippen molar-refractivity contribution < 1.29 is 18.3 Å². The predicted octanol–water partition coefficient (Wildman–Crippen LogP) is 1.85. The highest BCUT2D eigenvalue weighted by molar-refractivity contribution is 5.79. The number of likely N-dealkylation sites (tertiary alicyclic amines) is 1. The van der Waals surface area contributed by atoms with Crippen molar-refractivity contribution in [2.45, 2.75) is 18.9 Å². The molecule has 8 heteroatoms. The van der Waals surface area contributed by atoms with Crippen LogP contribution in [0.4, 0.5) is 8.78 Å². The molecule has 0 bridgehead atoms. The summed E-state index contributed by atoms with van der Waals surface area (Å²) < 4.78 is 32.2. The van der Waals surface area contributed by atoms with Crippen LogP contribution in [0.2, 0.25) is 0 Å². The molecular weight excluding hydrogens is 330 g/mol. The van der Waals surface area contributed by atoms with Gasteiger partial charge in [0.15, 0.2) is 0 Å². The fraction of sp³-hybridized carbons (Fsp3) is 0.294. The Hall–Kier alpha value is -3.08. The van der Waals surface area contributed by atoms with Crippen LogP contribution in [-0.2, 0) is 11.2 Å². The maximum atomic E-state index is 13.7. The molecule has 1 saturated heterocycles. The molecule has 1 aromatic carbocycles. The van der Waals surface area contributed by atoms with Crippen molar-refractivity contribution in [3.63, 3.8) is 0 Å². The lowest BCUT2D eigenvalue weighted by Gasteiger charge is -2.17. The van der Waals surface area contributed by atoms with Gasteiger partial charge in [-0.1, -0.05) is 6.07 Å². The number of benzene rings is 1. The number of aromatic nitrogens is 2. The van der Waals surface area contributed by atoms with Crippen molar-refractivity contribution in [2.24, 2.45) is 0 Å². The van der Waals surface area contributed by atoms with Crippen molar-refractivity contribution in [2.75, 3.05) is 13.1 Å². The van der Waals surface area contributed by atoms with Gasteiger partial charge in [-0.2, -0.15) is 5.26 Å². The molecule has 2 aromatic rings. The lowest BCUT2D eigenvalue weighted by atomic mass is 10.1. The number of ether oxygens (including phenoxy) is 1. The van der Waals surface area contributed by atoms with Crippen LogP contribution >= 0.6 is 0 Å². The van der Waals surface area contributed by atoms with E-state index in [9.17, 15) is 13.6 Å². The number of hydrogen-bond acceptors (Lipinski definition) is 5. The quantitative estimate of drug-likeness (QED) is 0.846. The zero-order chi connectivity index (χ0) is 17.8. The third-order valence-corrected chi connectivity index (χ3v) is 3.90. The summed E-state index contributed by atoms with van der Waals surface area (Å²) in [6.45, 7) is 0.761. The van der Waals surface area contributed by atoms with E-state index in [1.165, 1.54) is 18.5 Å². The summed E-state index contributed by atoms with van der Waals surface area (Å²) in [4.78, 5) is 21.7. The topological polar surface area (TPSA) is 79.1 Å². The van der Waals surface area contributed by atoms with Gasteiger partial charge in [-0.3, -0.25) is 4.79 Å². The van der Waals surface area contributed by atoms with E-state index in [-0.39, 0.29) is 35.6 Å². The SMILES string of the molecule is N#Cc1nccnc1OC1CCN(C(=O)Cc2ccc(F)cc2F)C1. The summed E-state index contributed by atoms with van der Waals surface area (Å²) in [6, 6.07) is 5.05. The van der Waals surface area contributed by atoms with E-state index in [1.54, 1.807) is 4.90 Å². The Morgan fingerprint density at radius 2 is 2.16 bits per heavy atom. The average molecular weight is 344 g/mol. The van der Waals surface area contributed by atoms with Crippen molar-refractivity contribution in [1.82, 2.24) is 14.9 Å². The molecule has 0 saturated carbocycles. The van der Waals surface area contributed by atoms with Crippen LogP contribution < -0.4 is 4.74 Å². The molecule has 1 aliphatic heterocycles. The molecule has 0 radical (unpaired) electrons. The number of nitrogens with zero attached hydrogens (tertiary/aromatic N) is 4. The standard InChI is InChI=1S/C17H14F2N4O2/c18-12-2-1-11(14(19)8-12)7-16(24)23-6-3-13(10-23)25-17-15(9-20)21-4-5-22-17/h1-2,4-5,8,13H,3,6-7,10H2. The smallest absolute Gasteiger partial charge is 0.251 e. The highest BCUT2D eigenvalue weighted by Gasteiger charge is 2.29. The van der Waals surface area contributed by atoms with Gasteiger partial charge in [0.25, 0.3) is 5.88 Å². The first kappa shape index (κ1) is 16.8. The molecule has 3 rings (SSSR count).